The summed E-state index contributed by atoms with van der Waals surface area (Å²) in [6.07, 6.45) is 1.02. The first kappa shape index (κ1) is 17.3. The Morgan fingerprint density at radius 1 is 1.20 bits per heavy atom. The second-order valence-electron chi connectivity index (χ2n) is 5.24. The summed E-state index contributed by atoms with van der Waals surface area (Å²) in [6, 6.07) is 4.05. The summed E-state index contributed by atoms with van der Waals surface area (Å²) >= 11 is 6.25. The van der Waals surface area contributed by atoms with E-state index in [1.54, 1.807) is 7.11 Å². The Balaban J connectivity index is 2.42. The molecule has 0 aliphatic heterocycles. The topological polar surface area (TPSA) is 30.5 Å². The molecule has 0 bridgehead atoms. The van der Waals surface area contributed by atoms with Crippen LogP contribution < -0.4 is 10.1 Å². The van der Waals surface area contributed by atoms with Crippen LogP contribution in [0.25, 0.3) is 0 Å². The summed E-state index contributed by atoms with van der Waals surface area (Å²) in [5, 5.41) is 4.15. The van der Waals surface area contributed by atoms with Gasteiger partial charge in [0.25, 0.3) is 0 Å². The molecule has 0 aliphatic carbocycles. The zero-order chi connectivity index (χ0) is 15.0. The van der Waals surface area contributed by atoms with Crippen LogP contribution in [0.4, 0.5) is 0 Å². The molecule has 0 fully saturated rings. The molecule has 1 aromatic carbocycles. The van der Waals surface area contributed by atoms with Gasteiger partial charge in [-0.15, -0.1) is 0 Å². The first-order chi connectivity index (χ1) is 9.56. The van der Waals surface area contributed by atoms with E-state index in [0.717, 1.165) is 48.0 Å². The maximum Gasteiger partial charge on any atom is 0.122 e. The molecule has 0 radical (unpaired) electrons. The quantitative estimate of drug-likeness (QED) is 0.704. The summed E-state index contributed by atoms with van der Waals surface area (Å²) in [7, 11) is 1.72. The number of nitrogens with one attached hydrogen (secondary N) is 1. The van der Waals surface area contributed by atoms with Gasteiger partial charge in [-0.25, -0.2) is 0 Å². The summed E-state index contributed by atoms with van der Waals surface area (Å²) in [6.45, 7) is 9.54. The number of aryl methyl sites for hydroxylation is 1. The molecule has 0 aromatic heterocycles. The van der Waals surface area contributed by atoms with Gasteiger partial charge in [-0.2, -0.15) is 0 Å². The number of ether oxygens (including phenoxy) is 2. The molecule has 1 N–H and O–H groups in total. The van der Waals surface area contributed by atoms with Crippen molar-refractivity contribution in [3.05, 3.63) is 28.3 Å². The van der Waals surface area contributed by atoms with Crippen LogP contribution in [-0.2, 0) is 4.74 Å². The van der Waals surface area contributed by atoms with Crippen LogP contribution in [0.15, 0.2) is 12.1 Å². The molecule has 0 atom stereocenters. The van der Waals surface area contributed by atoms with Crippen LogP contribution in [0.1, 0.15) is 37.3 Å². The highest BCUT2D eigenvalue weighted by molar-refractivity contribution is 6.31. The van der Waals surface area contributed by atoms with Gasteiger partial charge in [0.15, 0.2) is 0 Å². The predicted molar refractivity (Wildman–Crippen MR) is 85.1 cm³/mol. The molecular formula is C16H26ClNO2. The first-order valence-corrected chi connectivity index (χ1v) is 7.56. The van der Waals surface area contributed by atoms with Gasteiger partial charge in [0.05, 0.1) is 0 Å². The molecule has 0 spiro atoms. The number of hydrogen-bond acceptors (Lipinski definition) is 3. The second-order valence-corrected chi connectivity index (χ2v) is 5.65. The molecule has 0 aliphatic rings. The van der Waals surface area contributed by atoms with Gasteiger partial charge in [-0.05, 0) is 49.1 Å². The highest BCUT2D eigenvalue weighted by Gasteiger charge is 2.09. The van der Waals surface area contributed by atoms with Gasteiger partial charge in [-0.1, -0.05) is 25.4 Å². The van der Waals surface area contributed by atoms with E-state index in [2.05, 4.69) is 25.2 Å². The third-order valence-electron chi connectivity index (χ3n) is 3.15. The fourth-order valence-corrected chi connectivity index (χ4v) is 2.40. The Bertz CT molecular complexity index is 408. The zero-order valence-electron chi connectivity index (χ0n) is 13.0. The van der Waals surface area contributed by atoms with Gasteiger partial charge in [0.1, 0.15) is 12.4 Å². The average molecular weight is 300 g/mol. The minimum absolute atomic E-state index is 0.401. The van der Waals surface area contributed by atoms with E-state index < -0.39 is 0 Å². The highest BCUT2D eigenvalue weighted by Crippen LogP contribution is 2.31. The molecule has 0 saturated heterocycles. The molecule has 0 unspecified atom stereocenters. The number of benzene rings is 1. The van der Waals surface area contributed by atoms with Crippen LogP contribution in [0, 0.1) is 6.92 Å². The average Bonchev–Trinajstić information content (AvgIpc) is 2.39. The summed E-state index contributed by atoms with van der Waals surface area (Å²) in [4.78, 5) is 0. The smallest absolute Gasteiger partial charge is 0.122 e. The Hall–Kier alpha value is -0.770. The van der Waals surface area contributed by atoms with E-state index in [1.165, 1.54) is 0 Å². The Kier molecular flexibility index (Phi) is 7.97. The minimum atomic E-state index is 0.401. The molecule has 4 heteroatoms. The fourth-order valence-electron chi connectivity index (χ4n) is 1.97. The lowest BCUT2D eigenvalue weighted by atomic mass is 10.0. The van der Waals surface area contributed by atoms with Crippen molar-refractivity contribution in [1.29, 1.82) is 0 Å². The molecule has 0 amide bonds. The van der Waals surface area contributed by atoms with Crippen molar-refractivity contribution in [2.75, 3.05) is 33.4 Å². The van der Waals surface area contributed by atoms with E-state index >= 15 is 0 Å². The van der Waals surface area contributed by atoms with Crippen LogP contribution in [0.3, 0.4) is 0 Å². The van der Waals surface area contributed by atoms with E-state index in [9.17, 15) is 0 Å². The lowest BCUT2D eigenvalue weighted by Crippen LogP contribution is -2.23. The number of rotatable bonds is 9. The molecule has 114 valence electrons. The summed E-state index contributed by atoms with van der Waals surface area (Å²) in [5.41, 5.74) is 2.22. The predicted octanol–water partition coefficient (Wildman–Crippen LogP) is 3.78. The highest BCUT2D eigenvalue weighted by atomic mass is 35.5. The monoisotopic (exact) mass is 299 g/mol. The molecular weight excluding hydrogens is 274 g/mol. The van der Waals surface area contributed by atoms with E-state index in [4.69, 9.17) is 21.1 Å². The lowest BCUT2D eigenvalue weighted by Gasteiger charge is -2.15. The van der Waals surface area contributed by atoms with Crippen molar-refractivity contribution in [2.24, 2.45) is 0 Å². The number of hydrogen-bond donors (Lipinski definition) is 1. The Labute approximate surface area is 127 Å². The van der Waals surface area contributed by atoms with Crippen molar-refractivity contribution >= 4 is 11.6 Å². The van der Waals surface area contributed by atoms with Crippen molar-refractivity contribution in [1.82, 2.24) is 5.32 Å². The summed E-state index contributed by atoms with van der Waals surface area (Å²) in [5.74, 6) is 1.33. The van der Waals surface area contributed by atoms with Crippen LogP contribution in [0.2, 0.25) is 5.02 Å². The lowest BCUT2D eigenvalue weighted by molar-refractivity contribution is 0.193. The van der Waals surface area contributed by atoms with Gasteiger partial charge in [-0.3, -0.25) is 0 Å². The maximum atomic E-state index is 6.25. The third-order valence-corrected chi connectivity index (χ3v) is 3.48. The van der Waals surface area contributed by atoms with Crippen molar-refractivity contribution in [2.45, 2.75) is 33.1 Å². The van der Waals surface area contributed by atoms with Gasteiger partial charge >= 0.3 is 0 Å². The normalized spacial score (nSPS) is 11.1. The molecule has 1 rings (SSSR count). The van der Waals surface area contributed by atoms with Gasteiger partial charge in [0.2, 0.25) is 0 Å². The largest absolute Gasteiger partial charge is 0.492 e. The molecule has 1 aromatic rings. The molecule has 20 heavy (non-hydrogen) atoms. The van der Waals surface area contributed by atoms with Crippen molar-refractivity contribution < 1.29 is 9.47 Å². The van der Waals surface area contributed by atoms with E-state index in [-0.39, 0.29) is 0 Å². The van der Waals surface area contributed by atoms with Crippen molar-refractivity contribution in [3.8, 4) is 5.75 Å². The Morgan fingerprint density at radius 3 is 2.60 bits per heavy atom. The fraction of sp³-hybridized carbons (Fsp3) is 0.625. The Morgan fingerprint density at radius 2 is 1.95 bits per heavy atom. The SMILES string of the molecule is COCCCNCCOc1cc(C(C)C)c(Cl)cc1C. The second kappa shape index (κ2) is 9.22. The molecule has 0 heterocycles. The van der Waals surface area contributed by atoms with Crippen LogP contribution in [0.5, 0.6) is 5.75 Å². The minimum Gasteiger partial charge on any atom is -0.492 e. The summed E-state index contributed by atoms with van der Waals surface area (Å²) < 4.78 is 10.8. The van der Waals surface area contributed by atoms with E-state index in [1.807, 2.05) is 13.0 Å². The standard InChI is InChI=1S/C16H26ClNO2/c1-12(2)14-11-16(13(3)10-15(14)17)20-9-7-18-6-5-8-19-4/h10-12,18H,5-9H2,1-4H3. The molecule has 3 nitrogen and oxygen atoms in total. The number of methoxy groups -OCH3 is 1. The zero-order valence-corrected chi connectivity index (χ0v) is 13.7. The van der Waals surface area contributed by atoms with Gasteiger partial charge in [0, 0.05) is 25.3 Å². The van der Waals surface area contributed by atoms with E-state index in [0.29, 0.717) is 12.5 Å². The van der Waals surface area contributed by atoms with Crippen LogP contribution >= 0.6 is 11.6 Å². The first-order valence-electron chi connectivity index (χ1n) is 7.18. The third kappa shape index (κ3) is 5.70. The van der Waals surface area contributed by atoms with Crippen molar-refractivity contribution in [3.63, 3.8) is 0 Å². The van der Waals surface area contributed by atoms with Gasteiger partial charge < -0.3 is 14.8 Å². The number of halogens is 1. The molecule has 0 saturated carbocycles. The maximum absolute atomic E-state index is 6.25. The van der Waals surface area contributed by atoms with Crippen LogP contribution in [-0.4, -0.2) is 33.4 Å².